The second-order valence-corrected chi connectivity index (χ2v) is 9.84. The topological polar surface area (TPSA) is 102 Å². The standard InChI is InChI=1S/C19H25FO7S/c1-18(2,3)19(11-13-5-7-16(19)26-13)27-15-10-12(4-6-14(15)20)17(21)25-8-9-28(22,23)24/h4,6,10,13,16H,5,7-9,11H2,1-3H3,(H,22,23,24)/p-1. The molecule has 2 bridgehead atoms. The summed E-state index contributed by atoms with van der Waals surface area (Å²) in [4.78, 5) is 12.1. The second-order valence-electron chi connectivity index (χ2n) is 8.31. The van der Waals surface area contributed by atoms with Gasteiger partial charge in [0.25, 0.3) is 0 Å². The van der Waals surface area contributed by atoms with E-state index in [1.807, 2.05) is 20.8 Å². The molecule has 3 unspecified atom stereocenters. The van der Waals surface area contributed by atoms with Gasteiger partial charge < -0.3 is 18.8 Å². The smallest absolute Gasteiger partial charge is 0.338 e. The van der Waals surface area contributed by atoms with E-state index in [9.17, 15) is 22.2 Å². The summed E-state index contributed by atoms with van der Waals surface area (Å²) in [6.07, 6.45) is 2.33. The van der Waals surface area contributed by atoms with Gasteiger partial charge in [0.2, 0.25) is 0 Å². The van der Waals surface area contributed by atoms with Gasteiger partial charge in [0.15, 0.2) is 11.6 Å². The summed E-state index contributed by atoms with van der Waals surface area (Å²) >= 11 is 0. The number of carbonyl (C=O) groups is 1. The number of hydrogen-bond donors (Lipinski definition) is 0. The quantitative estimate of drug-likeness (QED) is 0.520. The minimum atomic E-state index is -4.49. The summed E-state index contributed by atoms with van der Waals surface area (Å²) in [5.41, 5.74) is -1.05. The number of hydrogen-bond acceptors (Lipinski definition) is 7. The molecule has 2 heterocycles. The van der Waals surface area contributed by atoms with E-state index < -0.39 is 39.9 Å². The Morgan fingerprint density at radius 3 is 2.61 bits per heavy atom. The van der Waals surface area contributed by atoms with Gasteiger partial charge in [-0.05, 0) is 31.0 Å². The van der Waals surface area contributed by atoms with Crippen molar-refractivity contribution in [2.75, 3.05) is 12.4 Å². The first kappa shape index (κ1) is 21.0. The minimum Gasteiger partial charge on any atom is -0.748 e. The van der Waals surface area contributed by atoms with E-state index in [0.717, 1.165) is 18.9 Å². The molecule has 1 aromatic carbocycles. The summed E-state index contributed by atoms with van der Waals surface area (Å²) in [7, 11) is -4.49. The lowest BCUT2D eigenvalue weighted by molar-refractivity contribution is -0.0837. The van der Waals surface area contributed by atoms with Gasteiger partial charge in [0.05, 0.1) is 33.6 Å². The van der Waals surface area contributed by atoms with Crippen LogP contribution in [0, 0.1) is 11.2 Å². The molecule has 0 spiro atoms. The summed E-state index contributed by atoms with van der Waals surface area (Å²) in [6, 6.07) is 3.56. The molecule has 3 atom stereocenters. The molecule has 0 aromatic heterocycles. The number of benzene rings is 1. The first-order chi connectivity index (χ1) is 12.9. The molecule has 2 aliphatic rings. The highest BCUT2D eigenvalue weighted by Gasteiger charge is 2.60. The van der Waals surface area contributed by atoms with Crippen LogP contribution in [0.5, 0.6) is 5.75 Å². The van der Waals surface area contributed by atoms with Crippen LogP contribution in [0.4, 0.5) is 4.39 Å². The normalized spacial score (nSPS) is 27.0. The third-order valence-corrected chi connectivity index (χ3v) is 6.12. The van der Waals surface area contributed by atoms with E-state index in [-0.39, 0.29) is 28.9 Å². The molecule has 0 aliphatic carbocycles. The van der Waals surface area contributed by atoms with Crippen molar-refractivity contribution in [2.24, 2.45) is 5.41 Å². The van der Waals surface area contributed by atoms with Gasteiger partial charge in [-0.3, -0.25) is 0 Å². The molecule has 1 aromatic rings. The first-order valence-electron chi connectivity index (χ1n) is 9.16. The van der Waals surface area contributed by atoms with Gasteiger partial charge in [-0.25, -0.2) is 17.6 Å². The van der Waals surface area contributed by atoms with Crippen LogP contribution in [0.3, 0.4) is 0 Å². The molecule has 2 aliphatic heterocycles. The van der Waals surface area contributed by atoms with Crippen LogP contribution < -0.4 is 4.74 Å². The summed E-state index contributed by atoms with van der Waals surface area (Å²) in [6.45, 7) is 5.46. The number of ether oxygens (including phenoxy) is 3. The highest BCUT2D eigenvalue weighted by molar-refractivity contribution is 7.85. The van der Waals surface area contributed by atoms with Crippen molar-refractivity contribution in [3.63, 3.8) is 0 Å². The molecular formula is C19H24FO7S-. The van der Waals surface area contributed by atoms with E-state index in [2.05, 4.69) is 0 Å². The van der Waals surface area contributed by atoms with Crippen LogP contribution >= 0.6 is 0 Å². The zero-order chi connectivity index (χ0) is 20.7. The first-order valence-corrected chi connectivity index (χ1v) is 10.7. The predicted molar refractivity (Wildman–Crippen MR) is 96.6 cm³/mol. The lowest BCUT2D eigenvalue weighted by Crippen LogP contribution is -2.55. The van der Waals surface area contributed by atoms with E-state index in [1.54, 1.807) is 0 Å². The van der Waals surface area contributed by atoms with Crippen LogP contribution in [0.1, 0.15) is 50.4 Å². The zero-order valence-electron chi connectivity index (χ0n) is 16.1. The third-order valence-electron chi connectivity index (χ3n) is 5.45. The number of rotatable bonds is 6. The zero-order valence-corrected chi connectivity index (χ0v) is 16.9. The summed E-state index contributed by atoms with van der Waals surface area (Å²) in [5.74, 6) is -2.39. The maximum atomic E-state index is 14.5. The van der Waals surface area contributed by atoms with E-state index in [1.165, 1.54) is 12.1 Å². The van der Waals surface area contributed by atoms with Gasteiger partial charge in [0, 0.05) is 11.8 Å². The maximum Gasteiger partial charge on any atom is 0.338 e. The van der Waals surface area contributed by atoms with Crippen LogP contribution in [-0.4, -0.2) is 49.1 Å². The predicted octanol–water partition coefficient (Wildman–Crippen LogP) is 2.64. The van der Waals surface area contributed by atoms with E-state index in [4.69, 9.17) is 14.2 Å². The largest absolute Gasteiger partial charge is 0.748 e. The molecule has 0 amide bonds. The Bertz CT molecular complexity index is 862. The van der Waals surface area contributed by atoms with Crippen molar-refractivity contribution in [3.05, 3.63) is 29.6 Å². The average molecular weight is 415 g/mol. The Balaban J connectivity index is 1.80. The monoisotopic (exact) mass is 415 g/mol. The average Bonchev–Trinajstić information content (AvgIpc) is 3.16. The Kier molecular flexibility index (Phi) is 5.46. The molecule has 2 saturated heterocycles. The Morgan fingerprint density at radius 2 is 2.07 bits per heavy atom. The SMILES string of the molecule is CC(C)(C)C1(Oc2cc(C(=O)OCCS(=O)(=O)[O-])ccc2F)CC2CCC1O2. The Hall–Kier alpha value is -1.71. The second kappa shape index (κ2) is 7.27. The molecule has 156 valence electrons. The van der Waals surface area contributed by atoms with E-state index in [0.29, 0.717) is 6.42 Å². The van der Waals surface area contributed by atoms with Crippen molar-refractivity contribution in [1.29, 1.82) is 0 Å². The number of carbonyl (C=O) groups excluding carboxylic acids is 1. The number of halogens is 1. The van der Waals surface area contributed by atoms with E-state index >= 15 is 0 Å². The highest BCUT2D eigenvalue weighted by atomic mass is 32.2. The summed E-state index contributed by atoms with van der Waals surface area (Å²) in [5, 5.41) is 0. The highest BCUT2D eigenvalue weighted by Crippen LogP contribution is 2.53. The molecular weight excluding hydrogens is 391 g/mol. The molecule has 3 rings (SSSR count). The van der Waals surface area contributed by atoms with Gasteiger partial charge >= 0.3 is 5.97 Å². The lowest BCUT2D eigenvalue weighted by Gasteiger charge is -2.46. The van der Waals surface area contributed by atoms with Crippen LogP contribution in [-0.2, 0) is 19.6 Å². The third kappa shape index (κ3) is 4.16. The fourth-order valence-electron chi connectivity index (χ4n) is 3.94. The van der Waals surface area contributed by atoms with Crippen molar-refractivity contribution in [2.45, 2.75) is 57.8 Å². The minimum absolute atomic E-state index is 0.00725. The van der Waals surface area contributed by atoms with Crippen molar-refractivity contribution in [1.82, 2.24) is 0 Å². The van der Waals surface area contributed by atoms with Gasteiger partial charge in [-0.2, -0.15) is 0 Å². The van der Waals surface area contributed by atoms with Crippen LogP contribution in [0.2, 0.25) is 0 Å². The molecule has 9 heteroatoms. The van der Waals surface area contributed by atoms with Crippen LogP contribution in [0.15, 0.2) is 18.2 Å². The molecule has 0 radical (unpaired) electrons. The molecule has 28 heavy (non-hydrogen) atoms. The number of fused-ring (bicyclic) bond motifs is 2. The molecule has 7 nitrogen and oxygen atoms in total. The van der Waals surface area contributed by atoms with Crippen molar-refractivity contribution >= 4 is 16.1 Å². The van der Waals surface area contributed by atoms with Gasteiger partial charge in [-0.1, -0.05) is 20.8 Å². The summed E-state index contributed by atoms with van der Waals surface area (Å²) < 4.78 is 63.2. The molecule has 0 saturated carbocycles. The molecule has 2 fully saturated rings. The lowest BCUT2D eigenvalue weighted by atomic mass is 9.68. The van der Waals surface area contributed by atoms with Gasteiger partial charge in [0.1, 0.15) is 12.2 Å². The fourth-order valence-corrected chi connectivity index (χ4v) is 4.23. The Labute approximate surface area is 163 Å². The molecule has 0 N–H and O–H groups in total. The van der Waals surface area contributed by atoms with Crippen molar-refractivity contribution < 1.29 is 36.4 Å². The Morgan fingerprint density at radius 1 is 1.36 bits per heavy atom. The van der Waals surface area contributed by atoms with Crippen molar-refractivity contribution in [3.8, 4) is 5.75 Å². The van der Waals surface area contributed by atoms with Crippen LogP contribution in [0.25, 0.3) is 0 Å². The maximum absolute atomic E-state index is 14.5. The fraction of sp³-hybridized carbons (Fsp3) is 0.632. The number of esters is 1. The van der Waals surface area contributed by atoms with Gasteiger partial charge in [-0.15, -0.1) is 0 Å².